The van der Waals surface area contributed by atoms with E-state index in [1.165, 1.54) is 27.6 Å². The molecule has 3 heteroatoms. The van der Waals surface area contributed by atoms with Gasteiger partial charge in [-0.2, -0.15) is 0 Å². The Morgan fingerprint density at radius 3 is 2.89 bits per heavy atom. The Morgan fingerprint density at radius 2 is 2.16 bits per heavy atom. The smallest absolute Gasteiger partial charge is 0.0971 e. The molecule has 0 saturated heterocycles. The van der Waals surface area contributed by atoms with Gasteiger partial charge in [0, 0.05) is 17.3 Å². The minimum atomic E-state index is 0.394. The predicted octanol–water partition coefficient (Wildman–Crippen LogP) is 3.48. The number of fused-ring (bicyclic) bond motifs is 1. The van der Waals surface area contributed by atoms with Crippen LogP contribution in [0, 0.1) is 0 Å². The van der Waals surface area contributed by atoms with E-state index in [1.54, 1.807) is 0 Å². The van der Waals surface area contributed by atoms with Crippen LogP contribution >= 0.6 is 11.3 Å². The average Bonchev–Trinajstić information content (AvgIpc) is 2.90. The highest BCUT2D eigenvalue weighted by Crippen LogP contribution is 2.36. The van der Waals surface area contributed by atoms with Crippen molar-refractivity contribution in [3.05, 3.63) is 51.5 Å². The largest absolute Gasteiger partial charge is 0.330 e. The minimum absolute atomic E-state index is 0.394. The zero-order chi connectivity index (χ0) is 13.2. The second kappa shape index (κ2) is 5.43. The third-order valence-electron chi connectivity index (χ3n) is 4.00. The van der Waals surface area contributed by atoms with Crippen molar-refractivity contribution in [2.24, 2.45) is 5.73 Å². The molecular weight excluding hydrogens is 252 g/mol. The summed E-state index contributed by atoms with van der Waals surface area (Å²) in [6.45, 7) is 2.85. The molecule has 0 saturated carbocycles. The van der Waals surface area contributed by atoms with Gasteiger partial charge in [0.25, 0.3) is 0 Å². The van der Waals surface area contributed by atoms with Crippen molar-refractivity contribution in [1.29, 1.82) is 0 Å². The van der Waals surface area contributed by atoms with E-state index in [1.807, 2.05) is 11.3 Å². The third-order valence-corrected chi connectivity index (χ3v) is 5.35. The lowest BCUT2D eigenvalue weighted by atomic mass is 9.85. The van der Waals surface area contributed by atoms with Gasteiger partial charge in [0.15, 0.2) is 0 Å². The summed E-state index contributed by atoms with van der Waals surface area (Å²) in [5, 5.41) is 1.22. The van der Waals surface area contributed by atoms with Crippen LogP contribution in [0.4, 0.5) is 0 Å². The van der Waals surface area contributed by atoms with Gasteiger partial charge in [-0.3, -0.25) is 0 Å². The van der Waals surface area contributed by atoms with E-state index in [4.69, 9.17) is 10.7 Å². The number of aromatic nitrogens is 1. The van der Waals surface area contributed by atoms with Crippen LogP contribution in [-0.2, 0) is 12.8 Å². The first kappa shape index (κ1) is 12.8. The summed E-state index contributed by atoms with van der Waals surface area (Å²) in [4.78, 5) is 6.27. The number of nitrogens with two attached hydrogens (primary N) is 1. The monoisotopic (exact) mass is 272 g/mol. The van der Waals surface area contributed by atoms with Gasteiger partial charge >= 0.3 is 0 Å². The van der Waals surface area contributed by atoms with Crippen molar-refractivity contribution in [3.8, 4) is 0 Å². The topological polar surface area (TPSA) is 38.9 Å². The van der Waals surface area contributed by atoms with Crippen LogP contribution in [0.25, 0.3) is 0 Å². The van der Waals surface area contributed by atoms with Crippen LogP contribution in [0.15, 0.2) is 30.3 Å². The van der Waals surface area contributed by atoms with Gasteiger partial charge in [-0.15, -0.1) is 11.3 Å². The Bertz CT molecular complexity index is 547. The van der Waals surface area contributed by atoms with E-state index in [0.717, 1.165) is 12.8 Å². The van der Waals surface area contributed by atoms with Gasteiger partial charge in [0.1, 0.15) is 0 Å². The molecule has 1 aliphatic carbocycles. The number of aryl methyl sites for hydroxylation is 1. The predicted molar refractivity (Wildman–Crippen MR) is 80.8 cm³/mol. The van der Waals surface area contributed by atoms with Crippen molar-refractivity contribution in [1.82, 2.24) is 4.98 Å². The molecular formula is C16H20N2S. The van der Waals surface area contributed by atoms with E-state index >= 15 is 0 Å². The zero-order valence-corrected chi connectivity index (χ0v) is 12.1. The zero-order valence-electron chi connectivity index (χ0n) is 11.3. The number of nitrogens with zero attached hydrogens (tertiary/aromatic N) is 1. The van der Waals surface area contributed by atoms with Gasteiger partial charge in [0.2, 0.25) is 0 Å². The van der Waals surface area contributed by atoms with Crippen molar-refractivity contribution in [2.75, 3.05) is 6.54 Å². The Hall–Kier alpha value is -1.19. The fraction of sp³-hybridized carbons (Fsp3) is 0.438. The van der Waals surface area contributed by atoms with E-state index in [0.29, 0.717) is 18.4 Å². The Morgan fingerprint density at radius 1 is 1.37 bits per heavy atom. The highest BCUT2D eigenvalue weighted by molar-refractivity contribution is 7.11. The summed E-state index contributed by atoms with van der Waals surface area (Å²) < 4.78 is 0. The van der Waals surface area contributed by atoms with Crippen LogP contribution in [0.1, 0.15) is 46.3 Å². The van der Waals surface area contributed by atoms with Gasteiger partial charge in [-0.05, 0) is 30.7 Å². The van der Waals surface area contributed by atoms with Gasteiger partial charge in [-0.1, -0.05) is 37.3 Å². The molecule has 0 radical (unpaired) electrons. The maximum absolute atomic E-state index is 5.75. The van der Waals surface area contributed by atoms with Crippen molar-refractivity contribution in [2.45, 2.75) is 38.0 Å². The number of hydrogen-bond acceptors (Lipinski definition) is 3. The van der Waals surface area contributed by atoms with Crippen LogP contribution in [0.3, 0.4) is 0 Å². The molecule has 0 spiro atoms. The second-order valence-corrected chi connectivity index (χ2v) is 6.52. The molecule has 2 atom stereocenters. The molecule has 1 aromatic heterocycles. The van der Waals surface area contributed by atoms with E-state index in [-0.39, 0.29) is 0 Å². The van der Waals surface area contributed by atoms with Crippen LogP contribution in [0.2, 0.25) is 0 Å². The second-order valence-electron chi connectivity index (χ2n) is 5.41. The molecule has 2 unspecified atom stereocenters. The summed E-state index contributed by atoms with van der Waals surface area (Å²) in [5.41, 5.74) is 8.54. The molecule has 0 amide bonds. The van der Waals surface area contributed by atoms with Crippen LogP contribution < -0.4 is 5.73 Å². The first-order chi connectivity index (χ1) is 9.28. The SMILES string of the molecule is CC(CN)c1nc2c(s1)CC(c1ccccc1)CC2. The maximum Gasteiger partial charge on any atom is 0.0971 e. The Labute approximate surface area is 118 Å². The highest BCUT2D eigenvalue weighted by Gasteiger charge is 2.24. The fourth-order valence-electron chi connectivity index (χ4n) is 2.72. The Kier molecular flexibility index (Phi) is 3.67. The molecule has 0 aliphatic heterocycles. The molecule has 0 fully saturated rings. The van der Waals surface area contributed by atoms with Crippen molar-refractivity contribution >= 4 is 11.3 Å². The fourth-order valence-corrected chi connectivity index (χ4v) is 3.97. The van der Waals surface area contributed by atoms with Crippen molar-refractivity contribution < 1.29 is 0 Å². The van der Waals surface area contributed by atoms with Crippen LogP contribution in [0.5, 0.6) is 0 Å². The summed E-state index contributed by atoms with van der Waals surface area (Å²) in [6.07, 6.45) is 3.48. The summed E-state index contributed by atoms with van der Waals surface area (Å²) in [6, 6.07) is 10.9. The molecule has 1 aromatic carbocycles. The molecule has 100 valence electrons. The molecule has 2 nitrogen and oxygen atoms in total. The first-order valence-electron chi connectivity index (χ1n) is 7.01. The summed E-state index contributed by atoms with van der Waals surface area (Å²) in [5.74, 6) is 1.06. The molecule has 0 bridgehead atoms. The molecule has 1 heterocycles. The summed E-state index contributed by atoms with van der Waals surface area (Å²) in [7, 11) is 0. The third kappa shape index (κ3) is 2.58. The molecule has 2 N–H and O–H groups in total. The standard InChI is InChI=1S/C16H20N2S/c1-11(10-17)16-18-14-8-7-13(9-15(14)19-16)12-5-3-2-4-6-12/h2-6,11,13H,7-10,17H2,1H3. The van der Waals surface area contributed by atoms with E-state index < -0.39 is 0 Å². The number of rotatable bonds is 3. The molecule has 3 rings (SSSR count). The first-order valence-corrected chi connectivity index (χ1v) is 7.83. The molecule has 2 aromatic rings. The Balaban J connectivity index is 1.82. The lowest BCUT2D eigenvalue weighted by Crippen LogP contribution is -2.11. The van der Waals surface area contributed by atoms with E-state index in [2.05, 4.69) is 37.3 Å². The van der Waals surface area contributed by atoms with Crippen LogP contribution in [-0.4, -0.2) is 11.5 Å². The number of benzene rings is 1. The maximum atomic E-state index is 5.75. The molecule has 19 heavy (non-hydrogen) atoms. The average molecular weight is 272 g/mol. The van der Waals surface area contributed by atoms with Gasteiger partial charge in [0.05, 0.1) is 10.7 Å². The van der Waals surface area contributed by atoms with E-state index in [9.17, 15) is 0 Å². The molecule has 1 aliphatic rings. The minimum Gasteiger partial charge on any atom is -0.330 e. The lowest BCUT2D eigenvalue weighted by Gasteiger charge is -2.21. The number of hydrogen-bond donors (Lipinski definition) is 1. The summed E-state index contributed by atoms with van der Waals surface area (Å²) >= 11 is 1.88. The lowest BCUT2D eigenvalue weighted by molar-refractivity contribution is 0.583. The van der Waals surface area contributed by atoms with Gasteiger partial charge in [-0.25, -0.2) is 4.98 Å². The van der Waals surface area contributed by atoms with Gasteiger partial charge < -0.3 is 5.73 Å². The quantitative estimate of drug-likeness (QED) is 0.929. The highest BCUT2D eigenvalue weighted by atomic mass is 32.1. The van der Waals surface area contributed by atoms with Crippen molar-refractivity contribution in [3.63, 3.8) is 0 Å². The number of thiazole rings is 1. The normalized spacial score (nSPS) is 20.0.